The highest BCUT2D eigenvalue weighted by molar-refractivity contribution is 6.00. The van der Waals surface area contributed by atoms with Crippen molar-refractivity contribution in [3.63, 3.8) is 0 Å². The quantitative estimate of drug-likeness (QED) is 0.474. The molecule has 2 aromatic carbocycles. The van der Waals surface area contributed by atoms with E-state index < -0.39 is 5.41 Å². The molecule has 5 heteroatoms. The van der Waals surface area contributed by atoms with Gasteiger partial charge < -0.3 is 10.6 Å². The van der Waals surface area contributed by atoms with Crippen molar-refractivity contribution in [3.05, 3.63) is 70.9 Å². The van der Waals surface area contributed by atoms with Crippen molar-refractivity contribution in [1.29, 1.82) is 0 Å². The van der Waals surface area contributed by atoms with Crippen LogP contribution in [0.25, 0.3) is 0 Å². The SMILES string of the molecule is CC[C@@H]1CN2CC[C@@]34C5=C(C[C@]6(CN5c5ccccc53)C(=O)[C@@]3(c5ccccc5N)CCN5C[C@@H](CC)[C@@H]6C[C@H]53)[C@@H]1C[C@H]24. The Bertz CT molecular complexity index is 1600. The molecule has 4 bridgehead atoms. The summed E-state index contributed by atoms with van der Waals surface area (Å²) in [7, 11) is 0. The molecule has 4 saturated heterocycles. The van der Waals surface area contributed by atoms with Gasteiger partial charge >= 0.3 is 0 Å². The fourth-order valence-corrected chi connectivity index (χ4v) is 13.2. The number of carbonyl (C=O) groups is 1. The number of anilines is 2. The maximum atomic E-state index is 16.0. The molecule has 6 heterocycles. The number of para-hydroxylation sites is 2. The van der Waals surface area contributed by atoms with Crippen LogP contribution in [0.5, 0.6) is 0 Å². The standard InChI is InChI=1S/C38H46N4O/c1-3-23-20-40-15-13-37-28-10-6-8-12-31(28)42-22-36(19-26(34(37)42)25(23)17-32(37)40)29-18-33-38(35(36)43,27-9-5-7-11-30(27)39)14-16-41(33)21-24(29)4-2/h5-12,23-25,29,32-33H,3-4,13-22,39H2,1-2H3/t23-,24-,25-,29+,32+,33+,36-,37-,38-/m1/s1. The molecule has 0 amide bonds. The maximum absolute atomic E-state index is 16.0. The highest BCUT2D eigenvalue weighted by Crippen LogP contribution is 2.70. The van der Waals surface area contributed by atoms with Crippen molar-refractivity contribution in [3.8, 4) is 0 Å². The third-order valence-corrected chi connectivity index (χ3v) is 14.8. The molecule has 1 saturated carbocycles. The second-order valence-corrected chi connectivity index (χ2v) is 15.7. The Labute approximate surface area is 256 Å². The molecule has 0 unspecified atom stereocenters. The fourth-order valence-electron chi connectivity index (χ4n) is 13.2. The monoisotopic (exact) mass is 574 g/mol. The molecule has 5 nitrogen and oxygen atoms in total. The Balaban J connectivity index is 1.23. The second kappa shape index (κ2) is 8.34. The van der Waals surface area contributed by atoms with E-state index >= 15 is 4.79 Å². The van der Waals surface area contributed by atoms with Crippen LogP contribution < -0.4 is 10.6 Å². The van der Waals surface area contributed by atoms with E-state index in [9.17, 15) is 0 Å². The highest BCUT2D eigenvalue weighted by atomic mass is 16.1. The number of allylic oxidation sites excluding steroid dienone is 1. The molecule has 0 radical (unpaired) electrons. The summed E-state index contributed by atoms with van der Waals surface area (Å²) in [5.41, 5.74) is 14.3. The molecule has 5 fully saturated rings. The lowest BCUT2D eigenvalue weighted by Crippen LogP contribution is -2.70. The van der Waals surface area contributed by atoms with E-state index in [2.05, 4.69) is 64.9 Å². The molecule has 2 aliphatic carbocycles. The van der Waals surface area contributed by atoms with Crippen LogP contribution in [0.15, 0.2) is 59.8 Å². The van der Waals surface area contributed by atoms with Gasteiger partial charge in [-0.3, -0.25) is 14.6 Å². The lowest BCUT2D eigenvalue weighted by Gasteiger charge is -2.63. The molecule has 10 rings (SSSR count). The summed E-state index contributed by atoms with van der Waals surface area (Å²) in [6.45, 7) is 10.3. The van der Waals surface area contributed by atoms with E-state index in [1.54, 1.807) is 16.8 Å². The topological polar surface area (TPSA) is 52.8 Å². The summed E-state index contributed by atoms with van der Waals surface area (Å²) in [5, 5.41) is 0. The Hall–Kier alpha value is -2.63. The van der Waals surface area contributed by atoms with E-state index in [1.807, 2.05) is 12.1 Å². The van der Waals surface area contributed by atoms with E-state index in [-0.39, 0.29) is 16.9 Å². The number of hydrogen-bond acceptors (Lipinski definition) is 5. The van der Waals surface area contributed by atoms with Crippen LogP contribution in [0.2, 0.25) is 0 Å². The number of fused-ring (bicyclic) bond motifs is 6. The van der Waals surface area contributed by atoms with Gasteiger partial charge in [0.1, 0.15) is 0 Å². The van der Waals surface area contributed by atoms with Crippen molar-refractivity contribution in [2.75, 3.05) is 43.4 Å². The van der Waals surface area contributed by atoms with Gasteiger partial charge in [0, 0.05) is 48.8 Å². The number of piperidine rings is 2. The lowest BCUT2D eigenvalue weighted by molar-refractivity contribution is -0.153. The second-order valence-electron chi connectivity index (χ2n) is 15.7. The summed E-state index contributed by atoms with van der Waals surface area (Å²) in [6, 6.07) is 18.7. The fraction of sp³-hybridized carbons (Fsp3) is 0.605. The molecule has 6 aliphatic heterocycles. The lowest BCUT2D eigenvalue weighted by atomic mass is 9.45. The van der Waals surface area contributed by atoms with Crippen LogP contribution in [-0.4, -0.2) is 60.4 Å². The average molecular weight is 575 g/mol. The van der Waals surface area contributed by atoms with Crippen molar-refractivity contribution in [2.45, 2.75) is 81.7 Å². The van der Waals surface area contributed by atoms with Gasteiger partial charge in [0.05, 0.1) is 16.2 Å². The minimum Gasteiger partial charge on any atom is -0.398 e. The molecule has 8 aliphatic rings. The number of ketones is 1. The average Bonchev–Trinajstić information content (AvgIpc) is 3.72. The first-order valence-corrected chi connectivity index (χ1v) is 17.5. The van der Waals surface area contributed by atoms with Crippen LogP contribution in [0.4, 0.5) is 11.4 Å². The Kier molecular flexibility index (Phi) is 4.98. The number of nitrogens with two attached hydrogens (primary N) is 1. The zero-order chi connectivity index (χ0) is 28.9. The first-order chi connectivity index (χ1) is 21.0. The molecule has 2 spiro atoms. The van der Waals surface area contributed by atoms with E-state index in [0.29, 0.717) is 35.5 Å². The molecule has 224 valence electrons. The zero-order valence-corrected chi connectivity index (χ0v) is 25.9. The van der Waals surface area contributed by atoms with Gasteiger partial charge in [0.25, 0.3) is 0 Å². The van der Waals surface area contributed by atoms with Gasteiger partial charge in [-0.05, 0) is 97.7 Å². The van der Waals surface area contributed by atoms with Gasteiger partial charge in [-0.2, -0.15) is 0 Å². The molecule has 2 aromatic rings. The number of hydrogen-bond donors (Lipinski definition) is 1. The number of benzene rings is 2. The normalized spacial score (nSPS) is 43.9. The number of nitrogens with zero attached hydrogens (tertiary/aromatic N) is 3. The van der Waals surface area contributed by atoms with Crippen LogP contribution in [0, 0.1) is 29.1 Å². The van der Waals surface area contributed by atoms with Gasteiger partial charge in [0.15, 0.2) is 5.78 Å². The van der Waals surface area contributed by atoms with Crippen LogP contribution in [-0.2, 0) is 15.6 Å². The number of Topliss-reactive ketones (excluding diaryl/α,β-unsaturated/α-hetero) is 1. The Morgan fingerprint density at radius 2 is 1.51 bits per heavy atom. The summed E-state index contributed by atoms with van der Waals surface area (Å²) in [6.07, 6.45) is 7.95. The summed E-state index contributed by atoms with van der Waals surface area (Å²) < 4.78 is 0. The molecule has 9 atom stereocenters. The molecule has 0 aromatic heterocycles. The summed E-state index contributed by atoms with van der Waals surface area (Å²) >= 11 is 0. The zero-order valence-electron chi connectivity index (χ0n) is 25.9. The third kappa shape index (κ3) is 2.75. The van der Waals surface area contributed by atoms with E-state index in [1.165, 1.54) is 38.0 Å². The highest BCUT2D eigenvalue weighted by Gasteiger charge is 2.73. The van der Waals surface area contributed by atoms with E-state index in [0.717, 1.165) is 56.6 Å². The van der Waals surface area contributed by atoms with Crippen LogP contribution in [0.3, 0.4) is 0 Å². The largest absolute Gasteiger partial charge is 0.398 e. The van der Waals surface area contributed by atoms with Crippen LogP contribution in [0.1, 0.15) is 69.9 Å². The van der Waals surface area contributed by atoms with Crippen molar-refractivity contribution in [2.24, 2.45) is 29.1 Å². The Morgan fingerprint density at radius 1 is 0.837 bits per heavy atom. The Morgan fingerprint density at radius 3 is 2.28 bits per heavy atom. The number of carbonyl (C=O) groups excluding carboxylic acids is 1. The number of nitrogen functional groups attached to an aromatic ring is 1. The minimum atomic E-state index is -0.492. The first kappa shape index (κ1) is 25.7. The number of rotatable bonds is 3. The molecule has 2 N–H and O–H groups in total. The predicted octanol–water partition coefficient (Wildman–Crippen LogP) is 5.75. The van der Waals surface area contributed by atoms with Crippen molar-refractivity contribution >= 4 is 17.2 Å². The molecule has 43 heavy (non-hydrogen) atoms. The first-order valence-electron chi connectivity index (χ1n) is 17.5. The van der Waals surface area contributed by atoms with Crippen molar-refractivity contribution in [1.82, 2.24) is 9.80 Å². The van der Waals surface area contributed by atoms with Gasteiger partial charge in [-0.15, -0.1) is 0 Å². The smallest absolute Gasteiger partial charge is 0.153 e. The third-order valence-electron chi connectivity index (χ3n) is 14.8. The summed E-state index contributed by atoms with van der Waals surface area (Å²) in [4.78, 5) is 24.3. The molecular formula is C38H46N4O. The maximum Gasteiger partial charge on any atom is 0.153 e. The van der Waals surface area contributed by atoms with Crippen molar-refractivity contribution < 1.29 is 4.79 Å². The summed E-state index contributed by atoms with van der Waals surface area (Å²) in [5.74, 6) is 2.85. The minimum absolute atomic E-state index is 0.116. The van der Waals surface area contributed by atoms with Gasteiger partial charge in [0.2, 0.25) is 0 Å². The van der Waals surface area contributed by atoms with Gasteiger partial charge in [-0.1, -0.05) is 63.1 Å². The predicted molar refractivity (Wildman–Crippen MR) is 171 cm³/mol. The van der Waals surface area contributed by atoms with Crippen LogP contribution >= 0.6 is 0 Å². The van der Waals surface area contributed by atoms with E-state index in [4.69, 9.17) is 5.73 Å². The van der Waals surface area contributed by atoms with Gasteiger partial charge in [-0.25, -0.2) is 0 Å². The molecular weight excluding hydrogens is 528 g/mol.